The van der Waals surface area contributed by atoms with Gasteiger partial charge in [-0.15, -0.1) is 11.3 Å². The SMILES string of the molecule is Cc1cnc(C(C)NS(=O)(=O)c2cc(CN)ccc2Br)s1. The molecule has 0 saturated heterocycles. The van der Waals surface area contributed by atoms with E-state index in [9.17, 15) is 8.42 Å². The largest absolute Gasteiger partial charge is 0.326 e. The number of rotatable bonds is 5. The molecule has 5 nitrogen and oxygen atoms in total. The van der Waals surface area contributed by atoms with E-state index in [0.29, 0.717) is 4.47 Å². The zero-order chi connectivity index (χ0) is 15.6. The number of nitrogens with two attached hydrogens (primary N) is 1. The summed E-state index contributed by atoms with van der Waals surface area (Å²) in [6, 6.07) is 4.67. The molecule has 1 heterocycles. The van der Waals surface area contributed by atoms with E-state index in [1.807, 2.05) is 6.92 Å². The third-order valence-corrected chi connectivity index (χ3v) is 6.49. The normalized spacial score (nSPS) is 13.3. The average Bonchev–Trinajstić information content (AvgIpc) is 2.85. The van der Waals surface area contributed by atoms with Crippen molar-refractivity contribution in [3.05, 3.63) is 44.3 Å². The van der Waals surface area contributed by atoms with Crippen molar-refractivity contribution < 1.29 is 8.42 Å². The molecule has 1 aromatic heterocycles. The van der Waals surface area contributed by atoms with Crippen molar-refractivity contribution in [3.63, 3.8) is 0 Å². The van der Waals surface area contributed by atoms with Crippen LogP contribution in [0.1, 0.15) is 28.4 Å². The van der Waals surface area contributed by atoms with Gasteiger partial charge in [-0.3, -0.25) is 0 Å². The van der Waals surface area contributed by atoms with Gasteiger partial charge in [-0.25, -0.2) is 18.1 Å². The Labute approximate surface area is 136 Å². The number of benzene rings is 1. The van der Waals surface area contributed by atoms with E-state index in [-0.39, 0.29) is 17.5 Å². The molecule has 0 bridgehead atoms. The molecule has 0 aliphatic carbocycles. The maximum atomic E-state index is 12.5. The van der Waals surface area contributed by atoms with Gasteiger partial charge in [0.05, 0.1) is 10.9 Å². The Kier molecular flexibility index (Phi) is 5.15. The first kappa shape index (κ1) is 16.6. The fraction of sp³-hybridized carbons (Fsp3) is 0.308. The Morgan fingerprint density at radius 1 is 1.48 bits per heavy atom. The topological polar surface area (TPSA) is 85.1 Å². The van der Waals surface area contributed by atoms with Crippen molar-refractivity contribution in [2.75, 3.05) is 0 Å². The highest BCUT2D eigenvalue weighted by Gasteiger charge is 2.22. The fourth-order valence-electron chi connectivity index (χ4n) is 1.80. The summed E-state index contributed by atoms with van der Waals surface area (Å²) in [5, 5.41) is 0.738. The van der Waals surface area contributed by atoms with Crippen LogP contribution in [0.5, 0.6) is 0 Å². The summed E-state index contributed by atoms with van der Waals surface area (Å²) >= 11 is 4.75. The molecule has 2 rings (SSSR count). The minimum absolute atomic E-state index is 0.186. The smallest absolute Gasteiger partial charge is 0.242 e. The standard InChI is InChI=1S/C13H16BrN3O2S2/c1-8-7-16-13(20-8)9(2)17-21(18,19)12-5-10(6-15)3-4-11(12)14/h3-5,7,9,17H,6,15H2,1-2H3. The summed E-state index contributed by atoms with van der Waals surface area (Å²) in [5.41, 5.74) is 6.33. The third kappa shape index (κ3) is 3.89. The summed E-state index contributed by atoms with van der Waals surface area (Å²) in [5.74, 6) is 0. The number of hydrogen-bond acceptors (Lipinski definition) is 5. The molecule has 3 N–H and O–H groups in total. The summed E-state index contributed by atoms with van der Waals surface area (Å²) in [6.45, 7) is 4.00. The molecule has 0 amide bonds. The second kappa shape index (κ2) is 6.53. The summed E-state index contributed by atoms with van der Waals surface area (Å²) in [7, 11) is -3.65. The van der Waals surface area contributed by atoms with E-state index < -0.39 is 10.0 Å². The Hall–Kier alpha value is -0.800. The van der Waals surface area contributed by atoms with Gasteiger partial charge in [0.1, 0.15) is 5.01 Å². The molecule has 1 atom stereocenters. The number of sulfonamides is 1. The molecule has 8 heteroatoms. The first-order valence-electron chi connectivity index (χ1n) is 6.26. The summed E-state index contributed by atoms with van der Waals surface area (Å²) < 4.78 is 28.2. The zero-order valence-electron chi connectivity index (χ0n) is 11.6. The van der Waals surface area contributed by atoms with Gasteiger partial charge in [0, 0.05) is 22.1 Å². The number of aryl methyl sites for hydroxylation is 1. The first-order valence-corrected chi connectivity index (χ1v) is 9.36. The second-order valence-corrected chi connectivity index (χ2v) is 8.42. The Morgan fingerprint density at radius 3 is 2.76 bits per heavy atom. The van der Waals surface area contributed by atoms with Gasteiger partial charge in [0.25, 0.3) is 0 Å². The van der Waals surface area contributed by atoms with Gasteiger partial charge in [-0.05, 0) is 47.5 Å². The van der Waals surface area contributed by atoms with Crippen molar-refractivity contribution in [1.29, 1.82) is 0 Å². The molecule has 0 radical (unpaired) electrons. The number of halogens is 1. The molecule has 21 heavy (non-hydrogen) atoms. The van der Waals surface area contributed by atoms with E-state index in [0.717, 1.165) is 15.4 Å². The van der Waals surface area contributed by atoms with Crippen LogP contribution in [0, 0.1) is 6.92 Å². The van der Waals surface area contributed by atoms with Crippen LogP contribution in [0.15, 0.2) is 33.8 Å². The van der Waals surface area contributed by atoms with Crippen molar-refractivity contribution in [2.24, 2.45) is 5.73 Å². The van der Waals surface area contributed by atoms with Crippen molar-refractivity contribution >= 4 is 37.3 Å². The Balaban J connectivity index is 2.30. The molecule has 0 aliphatic heterocycles. The van der Waals surface area contributed by atoms with Crippen LogP contribution in [0.2, 0.25) is 0 Å². The van der Waals surface area contributed by atoms with Gasteiger partial charge in [0.2, 0.25) is 10.0 Å². The molecule has 1 unspecified atom stereocenters. The predicted molar refractivity (Wildman–Crippen MR) is 87.6 cm³/mol. The molecule has 0 spiro atoms. The second-order valence-electron chi connectivity index (χ2n) is 4.62. The number of aromatic nitrogens is 1. The van der Waals surface area contributed by atoms with E-state index in [1.54, 1.807) is 31.3 Å². The summed E-state index contributed by atoms with van der Waals surface area (Å²) in [6.07, 6.45) is 1.73. The Bertz CT molecular complexity index is 744. The average molecular weight is 390 g/mol. The lowest BCUT2D eigenvalue weighted by atomic mass is 10.2. The van der Waals surface area contributed by atoms with Gasteiger partial charge >= 0.3 is 0 Å². The first-order chi connectivity index (χ1) is 9.83. The van der Waals surface area contributed by atoms with E-state index in [4.69, 9.17) is 5.73 Å². The molecule has 0 fully saturated rings. The molecule has 0 aliphatic rings. The lowest BCUT2D eigenvalue weighted by Crippen LogP contribution is -2.27. The number of hydrogen-bond donors (Lipinski definition) is 2. The van der Waals surface area contributed by atoms with Gasteiger partial charge in [-0.2, -0.15) is 0 Å². The summed E-state index contributed by atoms with van der Waals surface area (Å²) in [4.78, 5) is 5.44. The molecule has 1 aromatic carbocycles. The quantitative estimate of drug-likeness (QED) is 0.822. The lowest BCUT2D eigenvalue weighted by Gasteiger charge is -2.13. The van der Waals surface area contributed by atoms with Crippen LogP contribution in [0.25, 0.3) is 0 Å². The van der Waals surface area contributed by atoms with Crippen LogP contribution in [0.3, 0.4) is 0 Å². The number of thiazole rings is 1. The van der Waals surface area contributed by atoms with Gasteiger partial charge < -0.3 is 5.73 Å². The fourth-order valence-corrected chi connectivity index (χ4v) is 4.87. The van der Waals surface area contributed by atoms with Crippen LogP contribution < -0.4 is 10.5 Å². The number of nitrogens with one attached hydrogen (secondary N) is 1. The number of nitrogens with zero attached hydrogens (tertiary/aromatic N) is 1. The third-order valence-electron chi connectivity index (χ3n) is 2.86. The molecule has 114 valence electrons. The van der Waals surface area contributed by atoms with Crippen molar-refractivity contribution in [2.45, 2.75) is 31.3 Å². The predicted octanol–water partition coefficient (Wildman–Crippen LogP) is 2.71. The zero-order valence-corrected chi connectivity index (χ0v) is 14.8. The lowest BCUT2D eigenvalue weighted by molar-refractivity contribution is 0.565. The Morgan fingerprint density at radius 2 is 2.19 bits per heavy atom. The molecule has 2 aromatic rings. The highest BCUT2D eigenvalue weighted by Crippen LogP contribution is 2.26. The van der Waals surface area contributed by atoms with Crippen LogP contribution in [-0.2, 0) is 16.6 Å². The molecular weight excluding hydrogens is 374 g/mol. The van der Waals surface area contributed by atoms with Crippen molar-refractivity contribution in [3.8, 4) is 0 Å². The highest BCUT2D eigenvalue weighted by atomic mass is 79.9. The molecular formula is C13H16BrN3O2S2. The van der Waals surface area contributed by atoms with Crippen LogP contribution in [-0.4, -0.2) is 13.4 Å². The maximum absolute atomic E-state index is 12.5. The van der Waals surface area contributed by atoms with Gasteiger partial charge in [0.15, 0.2) is 0 Å². The minimum atomic E-state index is -3.65. The van der Waals surface area contributed by atoms with Crippen LogP contribution >= 0.6 is 27.3 Å². The highest BCUT2D eigenvalue weighted by molar-refractivity contribution is 9.10. The minimum Gasteiger partial charge on any atom is -0.326 e. The maximum Gasteiger partial charge on any atom is 0.242 e. The van der Waals surface area contributed by atoms with E-state index in [2.05, 4.69) is 25.6 Å². The van der Waals surface area contributed by atoms with Crippen molar-refractivity contribution in [1.82, 2.24) is 9.71 Å². The van der Waals surface area contributed by atoms with Gasteiger partial charge in [-0.1, -0.05) is 6.07 Å². The van der Waals surface area contributed by atoms with Crippen LogP contribution in [0.4, 0.5) is 0 Å². The van der Waals surface area contributed by atoms with E-state index in [1.165, 1.54) is 11.3 Å². The monoisotopic (exact) mass is 389 g/mol. The van der Waals surface area contributed by atoms with E-state index >= 15 is 0 Å². The molecule has 0 saturated carbocycles.